The van der Waals surface area contributed by atoms with Gasteiger partial charge in [0, 0.05) is 6.07 Å². The number of rotatable bonds is 1. The van der Waals surface area contributed by atoms with Crippen LogP contribution in [0.2, 0.25) is 0 Å². The van der Waals surface area contributed by atoms with Crippen LogP contribution in [0.5, 0.6) is 5.75 Å². The first kappa shape index (κ1) is 9.51. The highest BCUT2D eigenvalue weighted by molar-refractivity contribution is 5.63. The third-order valence-corrected chi connectivity index (χ3v) is 1.99. The molecule has 2 aromatic rings. The zero-order valence-corrected chi connectivity index (χ0v) is 7.99. The van der Waals surface area contributed by atoms with Crippen LogP contribution in [0.3, 0.4) is 0 Å². The SMILES string of the molecule is Cc1cc(O)c(F)c(-c2cc(N)no2)c1. The number of phenols is 1. The fourth-order valence-electron chi connectivity index (χ4n) is 1.34. The van der Waals surface area contributed by atoms with Gasteiger partial charge in [0.15, 0.2) is 23.1 Å². The molecule has 0 amide bonds. The molecule has 1 heterocycles. The number of phenolic OH excluding ortho intramolecular Hbond substituents is 1. The van der Waals surface area contributed by atoms with Crippen molar-refractivity contribution in [1.82, 2.24) is 5.16 Å². The van der Waals surface area contributed by atoms with Gasteiger partial charge >= 0.3 is 0 Å². The molecule has 3 N–H and O–H groups in total. The van der Waals surface area contributed by atoms with Gasteiger partial charge in [-0.2, -0.15) is 0 Å². The molecule has 0 bridgehead atoms. The van der Waals surface area contributed by atoms with Crippen molar-refractivity contribution in [3.05, 3.63) is 29.6 Å². The van der Waals surface area contributed by atoms with Crippen LogP contribution in [0.1, 0.15) is 5.56 Å². The van der Waals surface area contributed by atoms with Crippen LogP contribution in [-0.2, 0) is 0 Å². The second-order valence-electron chi connectivity index (χ2n) is 3.26. The number of nitrogens with two attached hydrogens (primary N) is 1. The first-order valence-electron chi connectivity index (χ1n) is 4.29. The zero-order chi connectivity index (χ0) is 11.0. The van der Waals surface area contributed by atoms with E-state index in [0.717, 1.165) is 5.56 Å². The van der Waals surface area contributed by atoms with E-state index in [9.17, 15) is 9.50 Å². The Morgan fingerprint density at radius 2 is 2.13 bits per heavy atom. The van der Waals surface area contributed by atoms with Crippen LogP contribution in [0.25, 0.3) is 11.3 Å². The predicted octanol–water partition coefficient (Wildman–Crippen LogP) is 2.08. The first-order valence-corrected chi connectivity index (χ1v) is 4.29. The Bertz CT molecular complexity index is 508. The minimum Gasteiger partial charge on any atom is -0.505 e. The van der Waals surface area contributed by atoms with Gasteiger partial charge in [-0.25, -0.2) is 4.39 Å². The largest absolute Gasteiger partial charge is 0.505 e. The Morgan fingerprint density at radius 3 is 2.73 bits per heavy atom. The molecule has 2 rings (SSSR count). The van der Waals surface area contributed by atoms with Gasteiger partial charge in [-0.15, -0.1) is 0 Å². The minimum atomic E-state index is -0.739. The molecule has 0 aliphatic carbocycles. The number of halogens is 1. The Balaban J connectivity index is 2.62. The van der Waals surface area contributed by atoms with Crippen molar-refractivity contribution in [3.63, 3.8) is 0 Å². The molecule has 0 radical (unpaired) electrons. The van der Waals surface area contributed by atoms with Gasteiger partial charge in [0.2, 0.25) is 0 Å². The summed E-state index contributed by atoms with van der Waals surface area (Å²) >= 11 is 0. The lowest BCUT2D eigenvalue weighted by Crippen LogP contribution is -1.86. The number of aromatic hydroxyl groups is 1. The van der Waals surface area contributed by atoms with Gasteiger partial charge in [0.1, 0.15) is 0 Å². The van der Waals surface area contributed by atoms with Gasteiger partial charge < -0.3 is 15.4 Å². The molecule has 5 heteroatoms. The van der Waals surface area contributed by atoms with Crippen LogP contribution < -0.4 is 5.73 Å². The molecule has 15 heavy (non-hydrogen) atoms. The summed E-state index contributed by atoms with van der Waals surface area (Å²) in [6.45, 7) is 1.74. The molecule has 0 saturated heterocycles. The monoisotopic (exact) mass is 208 g/mol. The summed E-state index contributed by atoms with van der Waals surface area (Å²) in [6.07, 6.45) is 0. The van der Waals surface area contributed by atoms with Crippen LogP contribution in [-0.4, -0.2) is 10.3 Å². The summed E-state index contributed by atoms with van der Waals surface area (Å²) in [5.74, 6) is -0.786. The number of aromatic nitrogens is 1. The van der Waals surface area contributed by atoms with E-state index in [1.165, 1.54) is 12.1 Å². The zero-order valence-electron chi connectivity index (χ0n) is 7.99. The van der Waals surface area contributed by atoms with Crippen molar-refractivity contribution >= 4 is 5.82 Å². The Hall–Kier alpha value is -2.04. The van der Waals surface area contributed by atoms with E-state index in [0.29, 0.717) is 0 Å². The lowest BCUT2D eigenvalue weighted by molar-refractivity contribution is 0.419. The average molecular weight is 208 g/mol. The van der Waals surface area contributed by atoms with Crippen molar-refractivity contribution in [2.75, 3.05) is 5.73 Å². The molecule has 0 saturated carbocycles. The van der Waals surface area contributed by atoms with Crippen LogP contribution in [0.4, 0.5) is 10.2 Å². The topological polar surface area (TPSA) is 72.3 Å². The predicted molar refractivity (Wildman–Crippen MR) is 52.7 cm³/mol. The molecule has 0 fully saturated rings. The molecule has 0 aliphatic heterocycles. The fourth-order valence-corrected chi connectivity index (χ4v) is 1.34. The highest BCUT2D eigenvalue weighted by Gasteiger charge is 2.14. The molecule has 4 nitrogen and oxygen atoms in total. The van der Waals surface area contributed by atoms with Gasteiger partial charge in [-0.05, 0) is 24.6 Å². The lowest BCUT2D eigenvalue weighted by atomic mass is 10.1. The Kier molecular flexibility index (Phi) is 2.07. The summed E-state index contributed by atoms with van der Waals surface area (Å²) in [6, 6.07) is 4.28. The number of nitrogens with zero attached hydrogens (tertiary/aromatic N) is 1. The second-order valence-corrected chi connectivity index (χ2v) is 3.26. The van der Waals surface area contributed by atoms with Crippen molar-refractivity contribution < 1.29 is 14.0 Å². The summed E-state index contributed by atoms with van der Waals surface area (Å²) in [5.41, 5.74) is 6.22. The number of anilines is 1. The normalized spacial score (nSPS) is 10.5. The van der Waals surface area contributed by atoms with Gasteiger partial charge in [-0.1, -0.05) is 5.16 Å². The van der Waals surface area contributed by atoms with E-state index in [1.807, 2.05) is 0 Å². The number of hydrogen-bond acceptors (Lipinski definition) is 4. The summed E-state index contributed by atoms with van der Waals surface area (Å²) < 4.78 is 18.3. The number of benzene rings is 1. The van der Waals surface area contributed by atoms with Gasteiger partial charge in [0.25, 0.3) is 0 Å². The summed E-state index contributed by atoms with van der Waals surface area (Å²) in [7, 11) is 0. The number of nitrogen functional groups attached to an aromatic ring is 1. The standard InChI is InChI=1S/C10H9FN2O2/c1-5-2-6(10(11)7(14)3-5)8-4-9(12)13-15-8/h2-4,14H,1H3,(H2,12,13). The first-order chi connectivity index (χ1) is 7.08. The third-order valence-electron chi connectivity index (χ3n) is 1.99. The third kappa shape index (κ3) is 1.63. The second kappa shape index (κ2) is 3.27. The number of hydrogen-bond donors (Lipinski definition) is 2. The van der Waals surface area contributed by atoms with Crippen LogP contribution in [0.15, 0.2) is 22.7 Å². The van der Waals surface area contributed by atoms with Crippen molar-refractivity contribution in [1.29, 1.82) is 0 Å². The highest BCUT2D eigenvalue weighted by atomic mass is 19.1. The van der Waals surface area contributed by atoms with E-state index >= 15 is 0 Å². The quantitative estimate of drug-likeness (QED) is 0.752. The van der Waals surface area contributed by atoms with E-state index in [2.05, 4.69) is 5.16 Å². The van der Waals surface area contributed by atoms with Crippen LogP contribution in [0, 0.1) is 12.7 Å². The average Bonchev–Trinajstić information content (AvgIpc) is 2.58. The molecule has 0 unspecified atom stereocenters. The van der Waals surface area contributed by atoms with Crippen LogP contribution >= 0.6 is 0 Å². The molecule has 0 aliphatic rings. The van der Waals surface area contributed by atoms with Crippen molar-refractivity contribution in [2.24, 2.45) is 0 Å². The molecular weight excluding hydrogens is 199 g/mol. The van der Waals surface area contributed by atoms with Gasteiger partial charge in [0.05, 0.1) is 5.56 Å². The molecular formula is C10H9FN2O2. The highest BCUT2D eigenvalue weighted by Crippen LogP contribution is 2.30. The maximum atomic E-state index is 13.5. The smallest absolute Gasteiger partial charge is 0.175 e. The minimum absolute atomic E-state index is 0.150. The van der Waals surface area contributed by atoms with E-state index in [-0.39, 0.29) is 17.1 Å². The maximum Gasteiger partial charge on any atom is 0.175 e. The lowest BCUT2D eigenvalue weighted by Gasteiger charge is -2.02. The maximum absolute atomic E-state index is 13.5. The molecule has 0 atom stereocenters. The summed E-state index contributed by atoms with van der Waals surface area (Å²) in [5, 5.41) is 12.7. The Morgan fingerprint density at radius 1 is 1.40 bits per heavy atom. The fraction of sp³-hybridized carbons (Fsp3) is 0.100. The number of aryl methyl sites for hydroxylation is 1. The molecule has 78 valence electrons. The summed E-state index contributed by atoms with van der Waals surface area (Å²) in [4.78, 5) is 0. The molecule has 1 aromatic heterocycles. The Labute approximate surface area is 85.1 Å². The van der Waals surface area contributed by atoms with Crippen molar-refractivity contribution in [2.45, 2.75) is 6.92 Å². The van der Waals surface area contributed by atoms with E-state index in [1.54, 1.807) is 13.0 Å². The van der Waals surface area contributed by atoms with Crippen molar-refractivity contribution in [3.8, 4) is 17.1 Å². The van der Waals surface area contributed by atoms with E-state index < -0.39 is 11.6 Å². The van der Waals surface area contributed by atoms with E-state index in [4.69, 9.17) is 10.3 Å². The molecule has 0 spiro atoms. The molecule has 1 aromatic carbocycles. The van der Waals surface area contributed by atoms with Gasteiger partial charge in [-0.3, -0.25) is 0 Å².